The molecule has 0 saturated heterocycles. The van der Waals surface area contributed by atoms with Crippen molar-refractivity contribution in [1.29, 1.82) is 0 Å². The van der Waals surface area contributed by atoms with E-state index < -0.39 is 0 Å². The highest BCUT2D eigenvalue weighted by molar-refractivity contribution is 5.28. The van der Waals surface area contributed by atoms with E-state index in [0.29, 0.717) is 5.92 Å². The van der Waals surface area contributed by atoms with Gasteiger partial charge in [0, 0.05) is 0 Å². The number of nitrogens with zero attached hydrogens (tertiary/aromatic N) is 3. The fourth-order valence-electron chi connectivity index (χ4n) is 2.32. The van der Waals surface area contributed by atoms with Gasteiger partial charge in [0.1, 0.15) is 5.69 Å². The average Bonchev–Trinajstić information content (AvgIpc) is 3.02. The van der Waals surface area contributed by atoms with Crippen LogP contribution in [0.4, 0.5) is 0 Å². The molecule has 1 N–H and O–H groups in total. The minimum atomic E-state index is 0.289. The Labute approximate surface area is 127 Å². The van der Waals surface area contributed by atoms with Crippen LogP contribution in [-0.4, -0.2) is 21.5 Å². The second kappa shape index (κ2) is 7.93. The van der Waals surface area contributed by atoms with Crippen molar-refractivity contribution in [2.45, 2.75) is 46.1 Å². The van der Waals surface area contributed by atoms with Crippen LogP contribution in [0.1, 0.15) is 51.8 Å². The summed E-state index contributed by atoms with van der Waals surface area (Å²) in [5, 5.41) is 12.7. The van der Waals surface area contributed by atoms with Crippen LogP contribution in [-0.2, 0) is 0 Å². The third-order valence-corrected chi connectivity index (χ3v) is 3.83. The number of rotatable bonds is 8. The standard InChI is InChI=1S/C17H26N4/c1-4-11-18-16(12-14(3)5-2)17-13-19-21(20-17)15-9-7-6-8-10-15/h6-10,13-14,16,18H,4-5,11-12H2,1-3H3. The predicted molar refractivity (Wildman–Crippen MR) is 86.5 cm³/mol. The van der Waals surface area contributed by atoms with Crippen molar-refractivity contribution in [1.82, 2.24) is 20.3 Å². The topological polar surface area (TPSA) is 42.7 Å². The molecule has 2 unspecified atom stereocenters. The number of benzene rings is 1. The number of para-hydroxylation sites is 1. The Morgan fingerprint density at radius 3 is 2.62 bits per heavy atom. The van der Waals surface area contributed by atoms with Gasteiger partial charge < -0.3 is 5.32 Å². The number of aromatic nitrogens is 3. The summed E-state index contributed by atoms with van der Waals surface area (Å²) in [6.07, 6.45) is 5.31. The quantitative estimate of drug-likeness (QED) is 0.803. The van der Waals surface area contributed by atoms with Gasteiger partial charge in [-0.2, -0.15) is 15.0 Å². The maximum absolute atomic E-state index is 4.66. The van der Waals surface area contributed by atoms with Crippen LogP contribution in [0, 0.1) is 5.92 Å². The summed E-state index contributed by atoms with van der Waals surface area (Å²) in [5.41, 5.74) is 2.04. The molecule has 2 atom stereocenters. The SMILES string of the molecule is CCCNC(CC(C)CC)c1cnn(-c2ccccc2)n1. The van der Waals surface area contributed by atoms with Gasteiger partial charge >= 0.3 is 0 Å². The van der Waals surface area contributed by atoms with Crippen LogP contribution in [0.2, 0.25) is 0 Å². The van der Waals surface area contributed by atoms with E-state index in [9.17, 15) is 0 Å². The Balaban J connectivity index is 2.14. The lowest BCUT2D eigenvalue weighted by Gasteiger charge is -2.19. The zero-order chi connectivity index (χ0) is 15.1. The van der Waals surface area contributed by atoms with Gasteiger partial charge in [-0.1, -0.05) is 45.4 Å². The van der Waals surface area contributed by atoms with Crippen molar-refractivity contribution >= 4 is 0 Å². The lowest BCUT2D eigenvalue weighted by Crippen LogP contribution is -2.24. The van der Waals surface area contributed by atoms with Gasteiger partial charge in [-0.25, -0.2) is 0 Å². The molecule has 1 aromatic carbocycles. The second-order valence-corrected chi connectivity index (χ2v) is 5.65. The maximum atomic E-state index is 4.66. The summed E-state index contributed by atoms with van der Waals surface area (Å²) >= 11 is 0. The van der Waals surface area contributed by atoms with Gasteiger partial charge in [0.2, 0.25) is 0 Å². The molecule has 4 heteroatoms. The molecule has 4 nitrogen and oxygen atoms in total. The predicted octanol–water partition coefficient (Wildman–Crippen LogP) is 3.74. The van der Waals surface area contributed by atoms with Crippen LogP contribution >= 0.6 is 0 Å². The second-order valence-electron chi connectivity index (χ2n) is 5.65. The highest BCUT2D eigenvalue weighted by atomic mass is 15.5. The van der Waals surface area contributed by atoms with E-state index >= 15 is 0 Å². The van der Waals surface area contributed by atoms with Crippen molar-refractivity contribution in [2.75, 3.05) is 6.54 Å². The molecule has 114 valence electrons. The molecule has 0 fully saturated rings. The van der Waals surface area contributed by atoms with E-state index in [4.69, 9.17) is 0 Å². The van der Waals surface area contributed by atoms with Crippen molar-refractivity contribution in [3.63, 3.8) is 0 Å². The van der Waals surface area contributed by atoms with Crippen LogP contribution in [0.3, 0.4) is 0 Å². The van der Waals surface area contributed by atoms with Gasteiger partial charge in [-0.05, 0) is 37.4 Å². The molecule has 21 heavy (non-hydrogen) atoms. The third kappa shape index (κ3) is 4.39. The molecular formula is C17H26N4. The van der Waals surface area contributed by atoms with Gasteiger partial charge in [0.25, 0.3) is 0 Å². The summed E-state index contributed by atoms with van der Waals surface area (Å²) < 4.78 is 0. The van der Waals surface area contributed by atoms with E-state index in [-0.39, 0.29) is 6.04 Å². The van der Waals surface area contributed by atoms with E-state index in [2.05, 4.69) is 36.3 Å². The molecule has 0 aliphatic rings. The fraction of sp³-hybridized carbons (Fsp3) is 0.529. The normalized spacial score (nSPS) is 14.0. The summed E-state index contributed by atoms with van der Waals surface area (Å²) in [6, 6.07) is 10.3. The summed E-state index contributed by atoms with van der Waals surface area (Å²) in [4.78, 5) is 1.71. The van der Waals surface area contributed by atoms with Gasteiger partial charge in [-0.15, -0.1) is 0 Å². The molecule has 0 radical (unpaired) electrons. The first-order valence-electron chi connectivity index (χ1n) is 7.95. The monoisotopic (exact) mass is 286 g/mol. The van der Waals surface area contributed by atoms with Crippen molar-refractivity contribution in [3.8, 4) is 5.69 Å². The van der Waals surface area contributed by atoms with Crippen molar-refractivity contribution in [3.05, 3.63) is 42.2 Å². The summed E-state index contributed by atoms with van der Waals surface area (Å²) in [6.45, 7) is 7.73. The zero-order valence-electron chi connectivity index (χ0n) is 13.3. The summed E-state index contributed by atoms with van der Waals surface area (Å²) in [7, 11) is 0. The number of hydrogen-bond donors (Lipinski definition) is 1. The highest BCUT2D eigenvalue weighted by Crippen LogP contribution is 2.21. The molecule has 0 aliphatic carbocycles. The molecule has 2 aromatic rings. The lowest BCUT2D eigenvalue weighted by molar-refractivity contribution is 0.395. The minimum absolute atomic E-state index is 0.289. The Morgan fingerprint density at radius 2 is 1.95 bits per heavy atom. The zero-order valence-corrected chi connectivity index (χ0v) is 13.3. The van der Waals surface area contributed by atoms with Crippen LogP contribution in [0.25, 0.3) is 5.69 Å². The van der Waals surface area contributed by atoms with E-state index in [1.807, 2.05) is 36.5 Å². The van der Waals surface area contributed by atoms with E-state index in [1.165, 1.54) is 6.42 Å². The van der Waals surface area contributed by atoms with Crippen molar-refractivity contribution in [2.24, 2.45) is 5.92 Å². The lowest BCUT2D eigenvalue weighted by atomic mass is 9.97. The molecular weight excluding hydrogens is 260 g/mol. The van der Waals surface area contributed by atoms with Crippen LogP contribution in [0.5, 0.6) is 0 Å². The Kier molecular flexibility index (Phi) is 5.93. The first-order valence-corrected chi connectivity index (χ1v) is 7.95. The van der Waals surface area contributed by atoms with Gasteiger partial charge in [0.15, 0.2) is 0 Å². The maximum Gasteiger partial charge on any atom is 0.100 e. The van der Waals surface area contributed by atoms with Gasteiger partial charge in [-0.3, -0.25) is 0 Å². The Hall–Kier alpha value is -1.68. The van der Waals surface area contributed by atoms with Crippen molar-refractivity contribution < 1.29 is 0 Å². The first-order chi connectivity index (χ1) is 10.2. The number of hydrogen-bond acceptors (Lipinski definition) is 3. The van der Waals surface area contributed by atoms with Crippen LogP contribution in [0.15, 0.2) is 36.5 Å². The van der Waals surface area contributed by atoms with Gasteiger partial charge in [0.05, 0.1) is 17.9 Å². The molecule has 1 aromatic heterocycles. The molecule has 1 heterocycles. The summed E-state index contributed by atoms with van der Waals surface area (Å²) in [5.74, 6) is 0.682. The minimum Gasteiger partial charge on any atom is -0.309 e. The molecule has 2 rings (SSSR count). The molecule has 0 bridgehead atoms. The third-order valence-electron chi connectivity index (χ3n) is 3.83. The smallest absolute Gasteiger partial charge is 0.100 e. The average molecular weight is 286 g/mol. The molecule has 0 amide bonds. The highest BCUT2D eigenvalue weighted by Gasteiger charge is 2.17. The largest absolute Gasteiger partial charge is 0.309 e. The van der Waals surface area contributed by atoms with E-state index in [1.54, 1.807) is 4.80 Å². The number of nitrogens with one attached hydrogen (secondary N) is 1. The first kappa shape index (κ1) is 15.7. The molecule has 0 aliphatic heterocycles. The molecule has 0 spiro atoms. The Morgan fingerprint density at radius 1 is 1.19 bits per heavy atom. The fourth-order valence-corrected chi connectivity index (χ4v) is 2.32. The van der Waals surface area contributed by atoms with Crippen LogP contribution < -0.4 is 5.32 Å². The Bertz CT molecular complexity index is 521. The molecule has 0 saturated carbocycles. The van der Waals surface area contributed by atoms with E-state index in [0.717, 1.165) is 30.8 Å².